The van der Waals surface area contributed by atoms with Crippen LogP contribution in [0.3, 0.4) is 0 Å². The number of methoxy groups -OCH3 is 1. The summed E-state index contributed by atoms with van der Waals surface area (Å²) in [6.07, 6.45) is 0. The van der Waals surface area contributed by atoms with E-state index in [1.54, 1.807) is 49.6 Å². The van der Waals surface area contributed by atoms with E-state index in [1.807, 2.05) is 32.0 Å². The number of pyridine rings is 1. The number of hydrogen-bond acceptors (Lipinski definition) is 4. The van der Waals surface area contributed by atoms with Crippen LogP contribution in [0, 0.1) is 13.8 Å². The Labute approximate surface area is 163 Å². The number of anilines is 2. The lowest BCUT2D eigenvalue weighted by Crippen LogP contribution is -2.18. The highest BCUT2D eigenvalue weighted by Crippen LogP contribution is 2.17. The highest BCUT2D eigenvalue weighted by Gasteiger charge is 2.13. The summed E-state index contributed by atoms with van der Waals surface area (Å²) in [7, 11) is 1.58. The van der Waals surface area contributed by atoms with E-state index in [9.17, 15) is 9.59 Å². The summed E-state index contributed by atoms with van der Waals surface area (Å²) in [6, 6.07) is 17.5. The first kappa shape index (κ1) is 19.1. The third kappa shape index (κ3) is 4.73. The van der Waals surface area contributed by atoms with Crippen molar-refractivity contribution in [3.8, 4) is 5.75 Å². The molecule has 0 unspecified atom stereocenters. The molecular formula is C22H21N3O3. The first-order valence-corrected chi connectivity index (χ1v) is 8.77. The van der Waals surface area contributed by atoms with E-state index in [-0.39, 0.29) is 17.3 Å². The Morgan fingerprint density at radius 3 is 1.86 bits per heavy atom. The van der Waals surface area contributed by atoms with Gasteiger partial charge < -0.3 is 15.4 Å². The van der Waals surface area contributed by atoms with Gasteiger partial charge in [0.1, 0.15) is 17.1 Å². The van der Waals surface area contributed by atoms with Crippen LogP contribution >= 0.6 is 0 Å². The zero-order valence-corrected chi connectivity index (χ0v) is 15.9. The molecule has 0 fully saturated rings. The van der Waals surface area contributed by atoms with E-state index >= 15 is 0 Å². The van der Waals surface area contributed by atoms with Gasteiger partial charge in [-0.1, -0.05) is 12.1 Å². The van der Waals surface area contributed by atoms with Crippen molar-refractivity contribution < 1.29 is 14.3 Å². The highest BCUT2D eigenvalue weighted by molar-refractivity contribution is 6.06. The van der Waals surface area contributed by atoms with Crippen LogP contribution in [0.15, 0.2) is 60.7 Å². The van der Waals surface area contributed by atoms with Gasteiger partial charge >= 0.3 is 0 Å². The number of rotatable bonds is 5. The number of carbonyl (C=O) groups is 2. The fourth-order valence-electron chi connectivity index (χ4n) is 2.80. The number of benzene rings is 2. The van der Waals surface area contributed by atoms with Crippen LogP contribution in [-0.4, -0.2) is 23.9 Å². The predicted octanol–water partition coefficient (Wildman–Crippen LogP) is 4.21. The Bertz CT molecular complexity index is 994. The van der Waals surface area contributed by atoms with Crippen LogP contribution in [0.1, 0.15) is 32.1 Å². The molecule has 2 N–H and O–H groups in total. The lowest BCUT2D eigenvalue weighted by molar-refractivity contribution is 0.101. The monoisotopic (exact) mass is 375 g/mol. The molecule has 6 nitrogen and oxygen atoms in total. The fourth-order valence-corrected chi connectivity index (χ4v) is 2.80. The van der Waals surface area contributed by atoms with Crippen LogP contribution in [0.2, 0.25) is 0 Å². The minimum absolute atomic E-state index is 0.156. The van der Waals surface area contributed by atoms with Crippen molar-refractivity contribution in [3.05, 3.63) is 83.2 Å². The van der Waals surface area contributed by atoms with Crippen molar-refractivity contribution >= 4 is 23.2 Å². The van der Waals surface area contributed by atoms with Crippen molar-refractivity contribution in [2.75, 3.05) is 17.7 Å². The Kier molecular flexibility index (Phi) is 5.69. The third-order valence-corrected chi connectivity index (χ3v) is 4.04. The van der Waals surface area contributed by atoms with Crippen molar-refractivity contribution in [2.24, 2.45) is 0 Å². The molecule has 2 amide bonds. The molecule has 6 heteroatoms. The molecule has 0 spiro atoms. The molecule has 0 bridgehead atoms. The van der Waals surface area contributed by atoms with Crippen LogP contribution in [0.4, 0.5) is 11.4 Å². The molecular weight excluding hydrogens is 354 g/mol. The lowest BCUT2D eigenvalue weighted by atomic mass is 10.1. The summed E-state index contributed by atoms with van der Waals surface area (Å²) >= 11 is 0. The lowest BCUT2D eigenvalue weighted by Gasteiger charge is -2.09. The average molecular weight is 375 g/mol. The average Bonchev–Trinajstić information content (AvgIpc) is 2.68. The molecule has 2 aromatic carbocycles. The zero-order chi connectivity index (χ0) is 20.1. The molecule has 0 atom stereocenters. The Hall–Kier alpha value is -3.67. The summed E-state index contributed by atoms with van der Waals surface area (Å²) in [6.45, 7) is 3.93. The number of aryl methyl sites for hydroxylation is 2. The summed E-state index contributed by atoms with van der Waals surface area (Å²) in [4.78, 5) is 29.2. The zero-order valence-electron chi connectivity index (χ0n) is 15.9. The van der Waals surface area contributed by atoms with E-state index in [2.05, 4.69) is 15.6 Å². The van der Waals surface area contributed by atoms with Crippen LogP contribution in [-0.2, 0) is 0 Å². The number of ether oxygens (including phenoxy) is 1. The standard InChI is InChI=1S/C22H21N3O3/c1-14-11-15(2)13-17(12-14)24-22(27)20-6-4-5-19(25-20)21(26)23-16-7-9-18(28-3)10-8-16/h4-13H,1-3H3,(H,23,26)(H,24,27). The molecule has 0 aliphatic carbocycles. The summed E-state index contributed by atoms with van der Waals surface area (Å²) < 4.78 is 5.09. The Morgan fingerprint density at radius 1 is 0.786 bits per heavy atom. The number of nitrogens with zero attached hydrogens (tertiary/aromatic N) is 1. The molecule has 0 aliphatic rings. The second kappa shape index (κ2) is 8.35. The van der Waals surface area contributed by atoms with Crippen molar-refractivity contribution in [3.63, 3.8) is 0 Å². The molecule has 3 rings (SSSR count). The molecule has 28 heavy (non-hydrogen) atoms. The molecule has 0 saturated heterocycles. The smallest absolute Gasteiger partial charge is 0.274 e. The molecule has 0 radical (unpaired) electrons. The quantitative estimate of drug-likeness (QED) is 0.700. The van der Waals surface area contributed by atoms with Gasteiger partial charge in [-0.3, -0.25) is 9.59 Å². The van der Waals surface area contributed by atoms with E-state index in [0.717, 1.165) is 11.1 Å². The Balaban J connectivity index is 1.73. The van der Waals surface area contributed by atoms with E-state index in [4.69, 9.17) is 4.74 Å². The second-order valence-corrected chi connectivity index (χ2v) is 6.42. The van der Waals surface area contributed by atoms with Gasteiger partial charge in [0.2, 0.25) is 0 Å². The first-order chi connectivity index (χ1) is 13.4. The third-order valence-electron chi connectivity index (χ3n) is 4.04. The summed E-state index contributed by atoms with van der Waals surface area (Å²) in [5, 5.41) is 5.57. The van der Waals surface area contributed by atoms with E-state index in [1.165, 1.54) is 0 Å². The minimum atomic E-state index is -0.397. The maximum Gasteiger partial charge on any atom is 0.274 e. The van der Waals surface area contributed by atoms with Gasteiger partial charge in [0.15, 0.2) is 0 Å². The highest BCUT2D eigenvalue weighted by atomic mass is 16.5. The summed E-state index contributed by atoms with van der Waals surface area (Å²) in [5.74, 6) is -0.0727. The van der Waals surface area contributed by atoms with Gasteiger partial charge in [-0.15, -0.1) is 0 Å². The molecule has 3 aromatic rings. The van der Waals surface area contributed by atoms with Gasteiger partial charge in [-0.2, -0.15) is 0 Å². The number of nitrogens with one attached hydrogen (secondary N) is 2. The minimum Gasteiger partial charge on any atom is -0.497 e. The van der Waals surface area contributed by atoms with Crippen molar-refractivity contribution in [1.29, 1.82) is 0 Å². The van der Waals surface area contributed by atoms with E-state index in [0.29, 0.717) is 17.1 Å². The molecule has 1 aromatic heterocycles. The van der Waals surface area contributed by atoms with Gasteiger partial charge in [0.25, 0.3) is 11.8 Å². The normalized spacial score (nSPS) is 10.2. The van der Waals surface area contributed by atoms with Crippen LogP contribution in [0.25, 0.3) is 0 Å². The summed E-state index contributed by atoms with van der Waals surface area (Å²) in [5.41, 5.74) is 3.73. The maximum absolute atomic E-state index is 12.5. The van der Waals surface area contributed by atoms with Gasteiger partial charge in [-0.05, 0) is 73.5 Å². The topological polar surface area (TPSA) is 80.3 Å². The van der Waals surface area contributed by atoms with Gasteiger partial charge in [0.05, 0.1) is 7.11 Å². The second-order valence-electron chi connectivity index (χ2n) is 6.42. The van der Waals surface area contributed by atoms with Crippen molar-refractivity contribution in [1.82, 2.24) is 4.98 Å². The number of carbonyl (C=O) groups excluding carboxylic acids is 2. The molecule has 142 valence electrons. The van der Waals surface area contributed by atoms with Gasteiger partial charge in [0, 0.05) is 11.4 Å². The fraction of sp³-hybridized carbons (Fsp3) is 0.136. The number of aromatic nitrogens is 1. The SMILES string of the molecule is COc1ccc(NC(=O)c2cccc(C(=O)Nc3cc(C)cc(C)c3)n2)cc1. The Morgan fingerprint density at radius 2 is 1.32 bits per heavy atom. The molecule has 0 saturated carbocycles. The largest absolute Gasteiger partial charge is 0.497 e. The predicted molar refractivity (Wildman–Crippen MR) is 109 cm³/mol. The van der Waals surface area contributed by atoms with Gasteiger partial charge in [-0.25, -0.2) is 4.98 Å². The van der Waals surface area contributed by atoms with Crippen LogP contribution < -0.4 is 15.4 Å². The first-order valence-electron chi connectivity index (χ1n) is 8.77. The maximum atomic E-state index is 12.5. The molecule has 0 aliphatic heterocycles. The number of hydrogen-bond donors (Lipinski definition) is 2. The van der Waals surface area contributed by atoms with Crippen molar-refractivity contribution in [2.45, 2.75) is 13.8 Å². The van der Waals surface area contributed by atoms with E-state index < -0.39 is 5.91 Å². The number of amides is 2. The van der Waals surface area contributed by atoms with Crippen LogP contribution in [0.5, 0.6) is 5.75 Å². The molecule has 1 heterocycles.